The van der Waals surface area contributed by atoms with E-state index in [4.69, 9.17) is 4.74 Å². The third-order valence-corrected chi connectivity index (χ3v) is 15.2. The third-order valence-electron chi connectivity index (χ3n) is 15.2. The van der Waals surface area contributed by atoms with Crippen LogP contribution in [-0.4, -0.2) is 47.4 Å². The summed E-state index contributed by atoms with van der Waals surface area (Å²) < 4.78 is 5.50. The van der Waals surface area contributed by atoms with Gasteiger partial charge < -0.3 is 20.3 Å². The number of carbonyl (C=O) groups excluding carboxylic acids is 2. The number of unbranched alkanes of at least 4 members (excludes halogenated alkanes) is 46. The molecule has 6 heteroatoms. The van der Waals surface area contributed by atoms with Gasteiger partial charge in [-0.15, -0.1) is 0 Å². The number of amides is 1. The number of carbonyl (C=O) groups is 2. The van der Waals surface area contributed by atoms with Gasteiger partial charge in [-0.3, -0.25) is 9.59 Å². The first kappa shape index (κ1) is 70.3. The molecular weight excluding hydrogens is 887 g/mol. The monoisotopic (exact) mass is 1010 g/mol. The van der Waals surface area contributed by atoms with E-state index < -0.39 is 12.1 Å². The van der Waals surface area contributed by atoms with Gasteiger partial charge in [-0.05, 0) is 77.0 Å². The number of hydrogen-bond acceptors (Lipinski definition) is 5. The Morgan fingerprint density at radius 1 is 0.375 bits per heavy atom. The van der Waals surface area contributed by atoms with Gasteiger partial charge in [-0.25, -0.2) is 0 Å². The highest BCUT2D eigenvalue weighted by Crippen LogP contribution is 2.18. The summed E-state index contributed by atoms with van der Waals surface area (Å²) in [5.41, 5.74) is 0. The van der Waals surface area contributed by atoms with E-state index in [0.717, 1.165) is 57.8 Å². The zero-order valence-electron chi connectivity index (χ0n) is 48.7. The van der Waals surface area contributed by atoms with Crippen molar-refractivity contribution in [2.75, 3.05) is 13.2 Å². The number of esters is 1. The second-order valence-electron chi connectivity index (χ2n) is 22.4. The van der Waals surface area contributed by atoms with Crippen molar-refractivity contribution in [3.8, 4) is 0 Å². The summed E-state index contributed by atoms with van der Waals surface area (Å²) in [6, 6.07) is -0.552. The van der Waals surface area contributed by atoms with Gasteiger partial charge in [0, 0.05) is 12.8 Å². The molecule has 0 radical (unpaired) electrons. The van der Waals surface area contributed by atoms with Crippen LogP contribution < -0.4 is 5.32 Å². The molecular formula is C66H127NO5. The van der Waals surface area contributed by atoms with Crippen LogP contribution in [0.4, 0.5) is 0 Å². The van der Waals surface area contributed by atoms with Crippen LogP contribution in [-0.2, 0) is 14.3 Å². The Morgan fingerprint density at radius 3 is 0.986 bits per heavy atom. The van der Waals surface area contributed by atoms with E-state index >= 15 is 0 Å². The maximum absolute atomic E-state index is 12.5. The van der Waals surface area contributed by atoms with E-state index in [1.54, 1.807) is 0 Å². The molecule has 6 nitrogen and oxygen atoms in total. The summed E-state index contributed by atoms with van der Waals surface area (Å²) in [7, 11) is 0. The standard InChI is InChI=1S/C66H127NO5/c1-3-5-7-9-11-13-15-17-19-21-23-28-32-36-40-44-48-52-56-60-66(71)72-61-57-53-49-45-41-37-33-29-25-24-27-31-35-39-43-47-51-55-59-65(70)67-63(62-68)64(69)58-54-50-46-42-38-34-30-26-22-20-18-16-14-12-10-8-6-4-2/h17,19,27,31,63-64,68-69H,3-16,18,20-26,28-30,32-62H2,1-2H3,(H,67,70)/b19-17-,31-27-. The Balaban J connectivity index is 3.43. The molecule has 0 heterocycles. The molecule has 1 amide bonds. The first-order valence-electron chi connectivity index (χ1n) is 32.6. The summed E-state index contributed by atoms with van der Waals surface area (Å²) in [4.78, 5) is 24.6. The number of ether oxygens (including phenoxy) is 1. The molecule has 0 rings (SSSR count). The molecule has 0 aliphatic carbocycles. The van der Waals surface area contributed by atoms with Crippen LogP contribution in [0.2, 0.25) is 0 Å². The Bertz CT molecular complexity index is 1120. The van der Waals surface area contributed by atoms with Gasteiger partial charge in [0.1, 0.15) is 0 Å². The molecule has 0 aliphatic rings. The van der Waals surface area contributed by atoms with Crippen molar-refractivity contribution in [3.63, 3.8) is 0 Å². The molecule has 2 atom stereocenters. The fourth-order valence-electron chi connectivity index (χ4n) is 10.2. The Morgan fingerprint density at radius 2 is 0.653 bits per heavy atom. The first-order valence-corrected chi connectivity index (χ1v) is 32.6. The average molecular weight is 1010 g/mol. The number of nitrogens with one attached hydrogen (secondary N) is 1. The van der Waals surface area contributed by atoms with E-state index in [9.17, 15) is 19.8 Å². The van der Waals surface area contributed by atoms with Gasteiger partial charge in [0.25, 0.3) is 0 Å². The van der Waals surface area contributed by atoms with Crippen LogP contribution in [0.15, 0.2) is 24.3 Å². The van der Waals surface area contributed by atoms with Crippen LogP contribution in [0, 0.1) is 0 Å². The maximum atomic E-state index is 12.5. The zero-order chi connectivity index (χ0) is 52.2. The molecule has 0 aromatic carbocycles. The predicted molar refractivity (Wildman–Crippen MR) is 315 cm³/mol. The lowest BCUT2D eigenvalue weighted by Gasteiger charge is -2.22. The predicted octanol–water partition coefficient (Wildman–Crippen LogP) is 20.6. The van der Waals surface area contributed by atoms with Crippen LogP contribution in [0.25, 0.3) is 0 Å². The fraction of sp³-hybridized carbons (Fsp3) is 0.909. The first-order chi connectivity index (χ1) is 35.5. The molecule has 0 spiro atoms. The molecule has 0 aromatic rings. The number of aliphatic hydroxyl groups excluding tert-OH is 2. The Hall–Kier alpha value is -1.66. The van der Waals surface area contributed by atoms with E-state index in [2.05, 4.69) is 43.5 Å². The number of aliphatic hydroxyl groups is 2. The number of allylic oxidation sites excluding steroid dienone is 4. The summed E-state index contributed by atoms with van der Waals surface area (Å²) in [6.07, 6.45) is 76.2. The van der Waals surface area contributed by atoms with Crippen LogP contribution in [0.5, 0.6) is 0 Å². The van der Waals surface area contributed by atoms with Gasteiger partial charge in [-0.1, -0.05) is 295 Å². The highest BCUT2D eigenvalue weighted by atomic mass is 16.5. The van der Waals surface area contributed by atoms with Crippen molar-refractivity contribution in [2.24, 2.45) is 0 Å². The molecule has 0 fully saturated rings. The van der Waals surface area contributed by atoms with E-state index in [1.165, 1.54) is 270 Å². The van der Waals surface area contributed by atoms with Crippen LogP contribution in [0.3, 0.4) is 0 Å². The normalized spacial score (nSPS) is 12.7. The number of hydrogen-bond donors (Lipinski definition) is 3. The molecule has 0 saturated carbocycles. The lowest BCUT2D eigenvalue weighted by molar-refractivity contribution is -0.143. The topological polar surface area (TPSA) is 95.9 Å². The van der Waals surface area contributed by atoms with E-state index in [-0.39, 0.29) is 18.5 Å². The van der Waals surface area contributed by atoms with Gasteiger partial charge in [0.05, 0.1) is 25.4 Å². The van der Waals surface area contributed by atoms with Gasteiger partial charge in [0.15, 0.2) is 0 Å². The maximum Gasteiger partial charge on any atom is 0.305 e. The van der Waals surface area contributed by atoms with Gasteiger partial charge in [-0.2, -0.15) is 0 Å². The van der Waals surface area contributed by atoms with Gasteiger partial charge in [0.2, 0.25) is 5.91 Å². The second kappa shape index (κ2) is 61.9. The molecule has 0 aromatic heterocycles. The molecule has 3 N–H and O–H groups in total. The number of rotatable bonds is 61. The second-order valence-corrected chi connectivity index (χ2v) is 22.4. The van der Waals surface area contributed by atoms with Gasteiger partial charge >= 0.3 is 5.97 Å². The molecule has 2 unspecified atom stereocenters. The molecule has 0 bridgehead atoms. The minimum atomic E-state index is -0.673. The van der Waals surface area contributed by atoms with Crippen molar-refractivity contribution in [2.45, 2.75) is 373 Å². The molecule has 0 aliphatic heterocycles. The summed E-state index contributed by atoms with van der Waals surface area (Å²) >= 11 is 0. The fourth-order valence-corrected chi connectivity index (χ4v) is 10.2. The zero-order valence-corrected chi connectivity index (χ0v) is 48.7. The third kappa shape index (κ3) is 57.6. The minimum absolute atomic E-state index is 0.00333. The quantitative estimate of drug-likeness (QED) is 0.0320. The van der Waals surface area contributed by atoms with Crippen LogP contribution >= 0.6 is 0 Å². The smallest absolute Gasteiger partial charge is 0.305 e. The van der Waals surface area contributed by atoms with Crippen molar-refractivity contribution >= 4 is 11.9 Å². The lowest BCUT2D eigenvalue weighted by atomic mass is 10.0. The van der Waals surface area contributed by atoms with Crippen molar-refractivity contribution in [3.05, 3.63) is 24.3 Å². The molecule has 0 saturated heterocycles. The average Bonchev–Trinajstić information content (AvgIpc) is 3.38. The Kier molecular flexibility index (Phi) is 60.5. The SMILES string of the molecule is CCCCCCCC/C=C\CCCCCCCCCCCC(=O)OCCCCCCCCCCC/C=C\CCCCCCCC(=O)NC(CO)C(O)CCCCCCCCCCCCCCCCCCCC. The summed E-state index contributed by atoms with van der Waals surface area (Å²) in [5.74, 6) is -0.0430. The summed E-state index contributed by atoms with van der Waals surface area (Å²) in [5, 5.41) is 23.3. The lowest BCUT2D eigenvalue weighted by Crippen LogP contribution is -2.45. The van der Waals surface area contributed by atoms with Crippen molar-refractivity contribution in [1.82, 2.24) is 5.32 Å². The Labute approximate surface area is 450 Å². The molecule has 72 heavy (non-hydrogen) atoms. The largest absolute Gasteiger partial charge is 0.466 e. The van der Waals surface area contributed by atoms with E-state index in [1.807, 2.05) is 0 Å². The molecule has 426 valence electrons. The van der Waals surface area contributed by atoms with E-state index in [0.29, 0.717) is 25.9 Å². The van der Waals surface area contributed by atoms with Crippen molar-refractivity contribution < 1.29 is 24.5 Å². The van der Waals surface area contributed by atoms with Crippen LogP contribution in [0.1, 0.15) is 361 Å². The minimum Gasteiger partial charge on any atom is -0.466 e. The van der Waals surface area contributed by atoms with Crippen molar-refractivity contribution in [1.29, 1.82) is 0 Å². The summed E-state index contributed by atoms with van der Waals surface area (Å²) in [6.45, 7) is 4.96. The highest BCUT2D eigenvalue weighted by molar-refractivity contribution is 5.76. The highest BCUT2D eigenvalue weighted by Gasteiger charge is 2.20.